The van der Waals surface area contributed by atoms with E-state index in [4.69, 9.17) is 5.73 Å². The number of nitriles is 1. The molecule has 1 aromatic carbocycles. The van der Waals surface area contributed by atoms with Crippen LogP contribution in [0.3, 0.4) is 0 Å². The highest BCUT2D eigenvalue weighted by Crippen LogP contribution is 2.31. The fourth-order valence-electron chi connectivity index (χ4n) is 2.47. The molecular weight excluding hydrogens is 405 g/mol. The molecule has 29 heavy (non-hydrogen) atoms. The van der Waals surface area contributed by atoms with Crippen LogP contribution in [0.15, 0.2) is 29.3 Å². The predicted molar refractivity (Wildman–Crippen MR) is 106 cm³/mol. The second-order valence-corrected chi connectivity index (χ2v) is 6.71. The van der Waals surface area contributed by atoms with Crippen molar-refractivity contribution in [1.82, 2.24) is 9.97 Å². The number of hydrogen-bond acceptors (Lipinski definition) is 6. The summed E-state index contributed by atoms with van der Waals surface area (Å²) in [5, 5.41) is 12.3. The Morgan fingerprint density at radius 2 is 2.10 bits per heavy atom. The minimum Gasteiger partial charge on any atom is -0.368 e. The van der Waals surface area contributed by atoms with Crippen LogP contribution in [0.5, 0.6) is 0 Å². The third-order valence-electron chi connectivity index (χ3n) is 3.86. The number of nitrogens with two attached hydrogens (primary N) is 1. The summed E-state index contributed by atoms with van der Waals surface area (Å²) in [5.74, 6) is -0.0982. The van der Waals surface area contributed by atoms with Gasteiger partial charge in [-0.1, -0.05) is 19.4 Å². The van der Waals surface area contributed by atoms with Gasteiger partial charge in [0.15, 0.2) is 5.82 Å². The number of halogens is 3. The number of hydrogen-bond donors (Lipinski definition) is 2. The van der Waals surface area contributed by atoms with Crippen LogP contribution in [0.1, 0.15) is 30.9 Å². The van der Waals surface area contributed by atoms with Gasteiger partial charge in [-0.05, 0) is 30.9 Å². The minimum atomic E-state index is -4.54. The molecule has 2 amide bonds. The zero-order chi connectivity index (χ0) is 21.6. The second kappa shape index (κ2) is 9.47. The smallest absolute Gasteiger partial charge is 0.368 e. The van der Waals surface area contributed by atoms with E-state index in [-0.39, 0.29) is 29.6 Å². The minimum absolute atomic E-state index is 0.0160. The van der Waals surface area contributed by atoms with Crippen LogP contribution in [0, 0.1) is 11.3 Å². The molecule has 0 aliphatic rings. The standard InChI is InChI=1S/C18H19F3N6OS/c1-3-4-8-27(14-13(10-22)15(29-2)26-16(23)25-14)17(28)24-12-7-5-6-11(9-12)18(19,20)21/h5-7,9H,3-4,8H2,1-2H3,(H,24,28)(H2,23,25,26). The number of unbranched alkanes of at least 4 members (excludes halogenated alkanes) is 1. The first-order valence-electron chi connectivity index (χ1n) is 8.58. The first-order chi connectivity index (χ1) is 13.7. The van der Waals surface area contributed by atoms with Crippen molar-refractivity contribution >= 4 is 35.2 Å². The molecule has 0 unspecified atom stereocenters. The van der Waals surface area contributed by atoms with Gasteiger partial charge in [0.25, 0.3) is 0 Å². The number of benzene rings is 1. The molecule has 1 heterocycles. The van der Waals surface area contributed by atoms with E-state index in [0.717, 1.165) is 18.6 Å². The molecule has 7 nitrogen and oxygen atoms in total. The Morgan fingerprint density at radius 1 is 1.38 bits per heavy atom. The third-order valence-corrected chi connectivity index (χ3v) is 4.54. The van der Waals surface area contributed by atoms with Gasteiger partial charge >= 0.3 is 12.2 Å². The topological polar surface area (TPSA) is 108 Å². The maximum Gasteiger partial charge on any atom is 0.416 e. The van der Waals surface area contributed by atoms with Crippen molar-refractivity contribution in [2.75, 3.05) is 28.8 Å². The van der Waals surface area contributed by atoms with Gasteiger partial charge in [-0.25, -0.2) is 9.78 Å². The highest BCUT2D eigenvalue weighted by atomic mass is 32.2. The Morgan fingerprint density at radius 3 is 2.69 bits per heavy atom. The van der Waals surface area contributed by atoms with Gasteiger partial charge in [0.2, 0.25) is 5.95 Å². The summed E-state index contributed by atoms with van der Waals surface area (Å²) in [6.07, 6.45) is -1.51. The van der Waals surface area contributed by atoms with Crippen molar-refractivity contribution in [2.45, 2.75) is 31.0 Å². The highest BCUT2D eigenvalue weighted by Gasteiger charge is 2.31. The summed E-state index contributed by atoms with van der Waals surface area (Å²) in [7, 11) is 0. The van der Waals surface area contributed by atoms with Gasteiger partial charge in [0, 0.05) is 12.2 Å². The number of carbonyl (C=O) groups is 1. The molecule has 0 atom stereocenters. The number of alkyl halides is 3. The lowest BCUT2D eigenvalue weighted by Gasteiger charge is -2.24. The number of thioether (sulfide) groups is 1. The van der Waals surface area contributed by atoms with Crippen molar-refractivity contribution < 1.29 is 18.0 Å². The fraction of sp³-hybridized carbons (Fsp3) is 0.333. The molecule has 2 rings (SSSR count). The third kappa shape index (κ3) is 5.51. The first-order valence-corrected chi connectivity index (χ1v) is 9.81. The van der Waals surface area contributed by atoms with E-state index in [1.807, 2.05) is 13.0 Å². The van der Waals surface area contributed by atoms with E-state index in [0.29, 0.717) is 11.4 Å². The van der Waals surface area contributed by atoms with Gasteiger partial charge in [-0.15, -0.1) is 11.8 Å². The largest absolute Gasteiger partial charge is 0.416 e. The molecule has 0 spiro atoms. The normalized spacial score (nSPS) is 11.0. The Kier molecular flexibility index (Phi) is 7.28. The summed E-state index contributed by atoms with van der Waals surface area (Å²) >= 11 is 1.17. The van der Waals surface area contributed by atoms with Gasteiger partial charge in [-0.3, -0.25) is 4.90 Å². The number of nitrogens with one attached hydrogen (secondary N) is 1. The molecule has 0 aliphatic carbocycles. The Labute approximate surface area is 170 Å². The molecule has 11 heteroatoms. The summed E-state index contributed by atoms with van der Waals surface area (Å²) in [4.78, 5) is 22.1. The van der Waals surface area contributed by atoms with Crippen LogP contribution in [0.2, 0.25) is 0 Å². The molecule has 1 aromatic heterocycles. The zero-order valence-corrected chi connectivity index (χ0v) is 16.6. The molecule has 154 valence electrons. The van der Waals surface area contributed by atoms with E-state index in [1.54, 1.807) is 6.26 Å². The molecule has 0 radical (unpaired) electrons. The summed E-state index contributed by atoms with van der Waals surface area (Å²) in [6.45, 7) is 2.11. The number of aromatic nitrogens is 2. The Bertz CT molecular complexity index is 929. The highest BCUT2D eigenvalue weighted by molar-refractivity contribution is 7.98. The molecular formula is C18H19F3N6OS. The molecule has 0 aliphatic heterocycles. The van der Waals surface area contributed by atoms with Gasteiger partial charge in [-0.2, -0.15) is 23.4 Å². The summed E-state index contributed by atoms with van der Waals surface area (Å²) < 4.78 is 38.8. The van der Waals surface area contributed by atoms with Gasteiger partial charge in [0.1, 0.15) is 16.7 Å². The maximum absolute atomic E-state index is 12.9. The molecule has 2 aromatic rings. The lowest BCUT2D eigenvalue weighted by molar-refractivity contribution is -0.137. The number of amides is 2. The van der Waals surface area contributed by atoms with Crippen molar-refractivity contribution in [3.8, 4) is 6.07 Å². The van der Waals surface area contributed by atoms with Gasteiger partial charge < -0.3 is 11.1 Å². The Hall–Kier alpha value is -3.00. The van der Waals surface area contributed by atoms with Gasteiger partial charge in [0.05, 0.1) is 5.56 Å². The zero-order valence-electron chi connectivity index (χ0n) is 15.7. The van der Waals surface area contributed by atoms with Crippen LogP contribution >= 0.6 is 11.8 Å². The average molecular weight is 424 g/mol. The number of nitrogen functional groups attached to an aromatic ring is 1. The SMILES string of the molecule is CCCCN(C(=O)Nc1cccc(C(F)(F)F)c1)c1nc(N)nc(SC)c1C#N. The summed E-state index contributed by atoms with van der Waals surface area (Å²) in [6, 6.07) is 5.54. The van der Waals surface area contributed by atoms with Crippen LogP contribution in [-0.2, 0) is 6.18 Å². The predicted octanol–water partition coefficient (Wildman–Crippen LogP) is 4.51. The van der Waals surface area contributed by atoms with E-state index < -0.39 is 17.8 Å². The number of carbonyl (C=O) groups excluding carboxylic acids is 1. The lowest BCUT2D eigenvalue weighted by atomic mass is 10.2. The Balaban J connectivity index is 2.43. The number of nitrogens with zero attached hydrogens (tertiary/aromatic N) is 4. The molecule has 0 saturated heterocycles. The molecule has 0 fully saturated rings. The average Bonchev–Trinajstić information content (AvgIpc) is 2.67. The molecule has 0 saturated carbocycles. The molecule has 0 bridgehead atoms. The van der Waals surface area contributed by atoms with E-state index >= 15 is 0 Å². The monoisotopic (exact) mass is 424 g/mol. The number of anilines is 3. The number of urea groups is 1. The van der Waals surface area contributed by atoms with E-state index in [9.17, 15) is 23.2 Å². The molecule has 3 N–H and O–H groups in total. The van der Waals surface area contributed by atoms with Crippen LogP contribution < -0.4 is 16.0 Å². The van der Waals surface area contributed by atoms with Crippen molar-refractivity contribution in [2.24, 2.45) is 0 Å². The van der Waals surface area contributed by atoms with E-state index in [1.165, 1.54) is 28.8 Å². The van der Waals surface area contributed by atoms with Crippen LogP contribution in [0.4, 0.5) is 35.4 Å². The second-order valence-electron chi connectivity index (χ2n) is 5.92. The quantitative estimate of drug-likeness (QED) is 0.522. The van der Waals surface area contributed by atoms with Crippen molar-refractivity contribution in [3.63, 3.8) is 0 Å². The lowest BCUT2D eigenvalue weighted by Crippen LogP contribution is -2.37. The number of rotatable bonds is 6. The summed E-state index contributed by atoms with van der Waals surface area (Å²) in [5.41, 5.74) is 4.87. The fourth-order valence-corrected chi connectivity index (χ4v) is 3.00. The van der Waals surface area contributed by atoms with Crippen molar-refractivity contribution in [1.29, 1.82) is 5.26 Å². The van der Waals surface area contributed by atoms with E-state index in [2.05, 4.69) is 15.3 Å². The maximum atomic E-state index is 12.9. The van der Waals surface area contributed by atoms with Crippen LogP contribution in [0.25, 0.3) is 0 Å². The van der Waals surface area contributed by atoms with Crippen molar-refractivity contribution in [3.05, 3.63) is 35.4 Å². The van der Waals surface area contributed by atoms with Crippen LogP contribution in [-0.4, -0.2) is 28.8 Å². The first kappa shape index (κ1) is 22.3.